The maximum absolute atomic E-state index is 3.97. The zero-order valence-electron chi connectivity index (χ0n) is 27.9. The molecule has 182 valence electrons. The summed E-state index contributed by atoms with van der Waals surface area (Å²) in [5, 5.41) is 5.62. The Morgan fingerprint density at radius 1 is 0.293 bits per heavy atom. The van der Waals surface area contributed by atoms with E-state index in [-0.39, 0.29) is 0 Å². The second-order valence-electron chi connectivity index (χ2n) is 13.1. The van der Waals surface area contributed by atoms with E-state index in [0.717, 1.165) is 0 Å². The van der Waals surface area contributed by atoms with Gasteiger partial charge in [-0.2, -0.15) is 0 Å². The number of aromatic amines is 1. The van der Waals surface area contributed by atoms with Gasteiger partial charge in [0.2, 0.25) is 0 Å². The number of hydrogen-bond acceptors (Lipinski definition) is 0. The van der Waals surface area contributed by atoms with Crippen molar-refractivity contribution in [3.05, 3.63) is 0 Å². The van der Waals surface area contributed by atoms with Crippen LogP contribution in [-0.4, -0.2) is 127 Å². The van der Waals surface area contributed by atoms with Crippen molar-refractivity contribution in [3.8, 4) is 5.69 Å². The van der Waals surface area contributed by atoms with Crippen molar-refractivity contribution in [2.45, 2.75) is 0 Å². The molecule has 0 aliphatic rings. The first-order valence-corrected chi connectivity index (χ1v) is 15.2. The van der Waals surface area contributed by atoms with Crippen molar-refractivity contribution < 1.29 is 0 Å². The minimum absolute atomic E-state index is 1.29. The van der Waals surface area contributed by atoms with Gasteiger partial charge in [0.05, 0.1) is 0 Å². The molecule has 0 bridgehead atoms. The monoisotopic (exact) mass is 512 g/mol. The lowest BCUT2D eigenvalue weighted by molar-refractivity contribution is 1.22. The van der Waals surface area contributed by atoms with Gasteiger partial charge < -0.3 is 9.55 Å². The predicted molar refractivity (Wildman–Crippen MR) is 233 cm³/mol. The van der Waals surface area contributed by atoms with Crippen LogP contribution in [-0.2, 0) is 0 Å². The highest BCUT2D eigenvalue weighted by molar-refractivity contribution is 6.72. The van der Waals surface area contributed by atoms with E-state index in [9.17, 15) is 0 Å². The predicted octanol–water partition coefficient (Wildman–Crippen LogP) is -19.7. The van der Waals surface area contributed by atoms with E-state index in [4.69, 9.17) is 0 Å². The lowest BCUT2D eigenvalue weighted by atomic mass is 9.61. The Labute approximate surface area is 257 Å². The molecule has 1 N–H and O–H groups in total. The summed E-state index contributed by atoms with van der Waals surface area (Å²) in [7, 11) is 34.7. The van der Waals surface area contributed by atoms with Crippen molar-refractivity contribution >= 4 is 243 Å². The first-order valence-electron chi connectivity index (χ1n) is 15.2. The summed E-state index contributed by atoms with van der Waals surface area (Å²) >= 11 is 0. The third kappa shape index (κ3) is 3.41. The van der Waals surface area contributed by atoms with Gasteiger partial charge in [-0.05, 0) is 0 Å². The van der Waals surface area contributed by atoms with Gasteiger partial charge in [0, 0.05) is 49.3 Å². The standard InChI is InChI=1S/C24H31B15N2/c25-5-3-1-2-4-6(26)8(28)11(31)16(36)23(4)41(24-17(37)12(32)9(29)13(33)18(24)38)22(2)19(39)15(35)20(1)40-21(3)14(34)10(30)7(5)27/h40H,25-39H2. The zero-order valence-corrected chi connectivity index (χ0v) is 27.9. The topological polar surface area (TPSA) is 20.7 Å². The molecule has 2 nitrogen and oxygen atoms in total. The minimum atomic E-state index is 1.29. The molecular formula is C24H31B15N2. The van der Waals surface area contributed by atoms with Crippen LogP contribution in [0.5, 0.6) is 0 Å². The molecule has 2 aromatic heterocycles. The number of nitrogens with zero attached hydrogens (tertiary/aromatic N) is 1. The Kier molecular flexibility index (Phi) is 6.43. The molecule has 41 heavy (non-hydrogen) atoms. The maximum atomic E-state index is 3.97. The number of nitrogens with one attached hydrogen (secondary N) is 1. The number of fused-ring (bicyclic) bond motifs is 7. The quantitative estimate of drug-likeness (QED) is 0.213. The zero-order chi connectivity index (χ0) is 30.1. The summed E-state index contributed by atoms with van der Waals surface area (Å²) in [5.74, 6) is 0. The van der Waals surface area contributed by atoms with E-state index in [1.807, 2.05) is 0 Å². The fourth-order valence-electron chi connectivity index (χ4n) is 7.85. The van der Waals surface area contributed by atoms with Crippen molar-refractivity contribution in [1.82, 2.24) is 9.55 Å². The number of H-pyrrole nitrogens is 1. The molecule has 0 radical (unpaired) electrons. The van der Waals surface area contributed by atoms with Gasteiger partial charge in [-0.25, -0.2) is 0 Å². The Hall–Kier alpha value is -2.55. The molecule has 0 spiro atoms. The SMILES string of the molecule is Bc1c(B)c(B)c(-n2c3c(B)c(B)c(B)c(B)c3c3c4c([nH]c5c(B)c(B)c(B)c(B)c54)c(B)c(B)c32)c(B)c1B. The Balaban J connectivity index is 2.09. The van der Waals surface area contributed by atoms with E-state index >= 15 is 0 Å². The Morgan fingerprint density at radius 3 is 1.20 bits per heavy atom. The van der Waals surface area contributed by atoms with E-state index in [1.165, 1.54) is 131 Å². The summed E-state index contributed by atoms with van der Waals surface area (Å²) in [4.78, 5) is 3.97. The normalized spacial score (nSPS) is 11.9. The Morgan fingerprint density at radius 2 is 0.634 bits per heavy atom. The molecule has 17 heteroatoms. The molecule has 0 atom stereocenters. The van der Waals surface area contributed by atoms with Crippen LogP contribution < -0.4 is 81.9 Å². The molecule has 4 aromatic carbocycles. The number of hydrogen-bond donors (Lipinski definition) is 1. The van der Waals surface area contributed by atoms with E-state index < -0.39 is 0 Å². The average Bonchev–Trinajstić information content (AvgIpc) is 3.51. The molecule has 0 fully saturated rings. The van der Waals surface area contributed by atoms with Crippen LogP contribution >= 0.6 is 0 Å². The van der Waals surface area contributed by atoms with Gasteiger partial charge in [-0.3, -0.25) is 0 Å². The minimum Gasteiger partial charge on any atom is -0.355 e. The van der Waals surface area contributed by atoms with E-state index in [1.54, 1.807) is 0 Å². The average molecular weight is 510 g/mol. The van der Waals surface area contributed by atoms with Gasteiger partial charge in [-0.15, -0.1) is 16.4 Å². The highest BCUT2D eigenvalue weighted by Crippen LogP contribution is 2.35. The van der Waals surface area contributed by atoms with Gasteiger partial charge in [0.25, 0.3) is 0 Å². The van der Waals surface area contributed by atoms with Crippen LogP contribution in [0.25, 0.3) is 49.3 Å². The summed E-state index contributed by atoms with van der Waals surface area (Å²) in [6.45, 7) is 0. The van der Waals surface area contributed by atoms with Crippen LogP contribution in [0.4, 0.5) is 0 Å². The van der Waals surface area contributed by atoms with Crippen LogP contribution in [0.15, 0.2) is 0 Å². The fraction of sp³-hybridized carbons (Fsp3) is 0. The highest BCUT2D eigenvalue weighted by Gasteiger charge is 2.27. The number of aromatic nitrogens is 2. The van der Waals surface area contributed by atoms with Crippen molar-refractivity contribution in [2.75, 3.05) is 0 Å². The van der Waals surface area contributed by atoms with Crippen LogP contribution in [0.2, 0.25) is 0 Å². The second-order valence-corrected chi connectivity index (χ2v) is 13.1. The lowest BCUT2D eigenvalue weighted by Crippen LogP contribution is -2.56. The molecule has 0 aliphatic heterocycles. The van der Waals surface area contributed by atoms with Gasteiger partial charge >= 0.3 is 0 Å². The van der Waals surface area contributed by atoms with Crippen molar-refractivity contribution in [3.63, 3.8) is 0 Å². The summed E-state index contributed by atoms with van der Waals surface area (Å²) in [6, 6.07) is 0. The molecule has 0 unspecified atom stereocenters. The molecule has 0 aliphatic carbocycles. The summed E-state index contributed by atoms with van der Waals surface area (Å²) < 4.78 is 2.67. The number of benzene rings is 4. The molecule has 0 saturated heterocycles. The third-order valence-corrected chi connectivity index (χ3v) is 11.8. The first-order chi connectivity index (χ1) is 19.1. The van der Waals surface area contributed by atoms with E-state index in [2.05, 4.69) is 127 Å². The third-order valence-electron chi connectivity index (χ3n) is 11.8. The van der Waals surface area contributed by atoms with Crippen LogP contribution in [0, 0.1) is 0 Å². The summed E-state index contributed by atoms with van der Waals surface area (Å²) in [6.07, 6.45) is 0. The number of rotatable bonds is 1. The lowest BCUT2D eigenvalue weighted by Gasteiger charge is -2.24. The molecule has 0 amide bonds. The van der Waals surface area contributed by atoms with Crippen LogP contribution in [0.1, 0.15) is 0 Å². The van der Waals surface area contributed by atoms with Gasteiger partial charge in [0.1, 0.15) is 118 Å². The maximum Gasteiger partial charge on any atom is 0.141 e. The molecule has 6 rings (SSSR count). The summed E-state index contributed by atoms with van der Waals surface area (Å²) in [5.41, 5.74) is 27.5. The highest BCUT2D eigenvalue weighted by atomic mass is 15.0. The largest absolute Gasteiger partial charge is 0.355 e. The first kappa shape index (κ1) is 28.6. The van der Waals surface area contributed by atoms with E-state index in [0.29, 0.717) is 0 Å². The van der Waals surface area contributed by atoms with Crippen molar-refractivity contribution in [2.24, 2.45) is 0 Å². The van der Waals surface area contributed by atoms with Crippen molar-refractivity contribution in [1.29, 1.82) is 0 Å². The van der Waals surface area contributed by atoms with Gasteiger partial charge in [0.15, 0.2) is 0 Å². The van der Waals surface area contributed by atoms with Gasteiger partial charge in [-0.1, -0.05) is 65.6 Å². The Bertz CT molecular complexity index is 2180. The van der Waals surface area contributed by atoms with Crippen LogP contribution in [0.3, 0.4) is 0 Å². The second kappa shape index (κ2) is 9.22. The molecule has 2 heterocycles. The molecule has 0 saturated carbocycles. The molecular weight excluding hydrogens is 478 g/mol. The smallest absolute Gasteiger partial charge is 0.141 e. The molecule has 6 aromatic rings. The fourth-order valence-corrected chi connectivity index (χ4v) is 7.85.